The third kappa shape index (κ3) is 8.37. The number of anilines is 6. The Morgan fingerprint density at radius 2 is 0.844 bits per heavy atom. The maximum Gasteiger partial charge on any atom is 0.252 e. The van der Waals surface area contributed by atoms with Crippen molar-refractivity contribution in [3.8, 4) is 39.1 Å². The lowest BCUT2D eigenvalue weighted by molar-refractivity contribution is 0.590. The van der Waals surface area contributed by atoms with Crippen molar-refractivity contribution in [1.82, 2.24) is 4.57 Å². The van der Waals surface area contributed by atoms with Gasteiger partial charge in [-0.05, 0) is 142 Å². The lowest BCUT2D eigenvalue weighted by Gasteiger charge is -2.46. The molecule has 0 unspecified atom stereocenters. The highest BCUT2D eigenvalue weighted by Crippen LogP contribution is 2.55. The summed E-state index contributed by atoms with van der Waals surface area (Å²) in [7, 11) is 0. The van der Waals surface area contributed by atoms with Crippen LogP contribution < -0.4 is 26.2 Å². The van der Waals surface area contributed by atoms with Gasteiger partial charge >= 0.3 is 0 Å². The first-order valence-electron chi connectivity index (χ1n) is 32.4. The van der Waals surface area contributed by atoms with Gasteiger partial charge in [-0.15, -0.1) is 0 Å². The molecule has 0 spiro atoms. The molecule has 0 bridgehead atoms. The van der Waals surface area contributed by atoms with Gasteiger partial charge in [-0.2, -0.15) is 0 Å². The van der Waals surface area contributed by atoms with Gasteiger partial charge < -0.3 is 23.2 Å². The van der Waals surface area contributed by atoms with Crippen LogP contribution in [0.2, 0.25) is 0 Å². The SMILES string of the molecule is CCCCc1c(N2c3ccc(-c4ccccc4)cc3B3c4ccc(-n5c6ccccc6c6ccccc65)cc4N(c4c(-c5ccccc5)cc5c(oc6ccccc65)c4CCCC)c4cc(C(C)(C)C)cc2c43)c(-c2ccccc2)cc2c1oc1ccccc12. The molecule has 90 heavy (non-hydrogen) atoms. The maximum atomic E-state index is 7.30. The molecule has 2 aliphatic rings. The van der Waals surface area contributed by atoms with Crippen LogP contribution in [0.15, 0.2) is 258 Å². The number of unbranched alkanes of at least 4 members (excludes halogenated alkanes) is 2. The molecule has 6 heteroatoms. The highest BCUT2D eigenvalue weighted by atomic mass is 16.3. The molecule has 0 amide bonds. The second-order valence-corrected chi connectivity index (χ2v) is 25.9. The molecule has 5 heterocycles. The van der Waals surface area contributed by atoms with E-state index in [1.165, 1.54) is 94.1 Å². The minimum absolute atomic E-state index is 0.194. The average Bonchev–Trinajstić information content (AvgIpc) is 0.708. The van der Waals surface area contributed by atoms with Gasteiger partial charge in [0.1, 0.15) is 22.3 Å². The van der Waals surface area contributed by atoms with Crippen LogP contribution in [0.4, 0.5) is 34.1 Å². The van der Waals surface area contributed by atoms with Crippen LogP contribution in [0.3, 0.4) is 0 Å². The van der Waals surface area contributed by atoms with E-state index in [2.05, 4.69) is 298 Å². The van der Waals surface area contributed by atoms with Crippen molar-refractivity contribution in [3.05, 3.63) is 265 Å². The molecule has 17 rings (SSSR count). The van der Waals surface area contributed by atoms with Crippen LogP contribution in [0.1, 0.15) is 77.0 Å². The molecule has 0 fully saturated rings. The zero-order valence-electron chi connectivity index (χ0n) is 51.6. The van der Waals surface area contributed by atoms with Crippen LogP contribution in [0.5, 0.6) is 0 Å². The molecule has 0 N–H and O–H groups in total. The first-order valence-corrected chi connectivity index (χ1v) is 32.4. The van der Waals surface area contributed by atoms with Crippen molar-refractivity contribution in [3.63, 3.8) is 0 Å². The fourth-order valence-electron chi connectivity index (χ4n) is 15.2. The molecule has 12 aromatic carbocycles. The van der Waals surface area contributed by atoms with Crippen LogP contribution in [0.25, 0.3) is 105 Å². The first-order chi connectivity index (χ1) is 44.2. The Kier molecular flexibility index (Phi) is 12.7. The van der Waals surface area contributed by atoms with Gasteiger partial charge in [0.2, 0.25) is 0 Å². The summed E-state index contributed by atoms with van der Waals surface area (Å²) < 4.78 is 17.0. The van der Waals surface area contributed by atoms with E-state index in [9.17, 15) is 0 Å². The van der Waals surface area contributed by atoms with E-state index >= 15 is 0 Å². The second kappa shape index (κ2) is 21.2. The molecule has 434 valence electrons. The minimum Gasteiger partial charge on any atom is -0.456 e. The Hall–Kier alpha value is -10.3. The van der Waals surface area contributed by atoms with E-state index in [4.69, 9.17) is 8.83 Å². The molecular weight excluding hydrogens is 1090 g/mol. The number of nitrogens with zero attached hydrogens (tertiary/aromatic N) is 3. The molecule has 0 saturated carbocycles. The van der Waals surface area contributed by atoms with Crippen molar-refractivity contribution >= 4 is 123 Å². The van der Waals surface area contributed by atoms with E-state index in [1.807, 2.05) is 0 Å². The summed E-state index contributed by atoms with van der Waals surface area (Å²) in [5, 5.41) is 7.02. The fourth-order valence-corrected chi connectivity index (χ4v) is 15.2. The molecule has 0 aliphatic carbocycles. The third-order valence-corrected chi connectivity index (χ3v) is 19.5. The number of aryl methyl sites for hydroxylation is 2. The van der Waals surface area contributed by atoms with E-state index in [0.717, 1.165) is 116 Å². The van der Waals surface area contributed by atoms with Crippen LogP contribution in [-0.4, -0.2) is 11.3 Å². The highest BCUT2D eigenvalue weighted by molar-refractivity contribution is 7.00. The number of para-hydroxylation sites is 4. The number of hydrogen-bond acceptors (Lipinski definition) is 4. The zero-order chi connectivity index (χ0) is 60.4. The summed E-state index contributed by atoms with van der Waals surface area (Å²) in [6, 6.07) is 93.1. The van der Waals surface area contributed by atoms with Gasteiger partial charge in [0.25, 0.3) is 6.71 Å². The molecule has 2 aliphatic heterocycles. The smallest absolute Gasteiger partial charge is 0.252 e. The summed E-state index contributed by atoms with van der Waals surface area (Å²) in [4.78, 5) is 5.42. The Morgan fingerprint density at radius 3 is 1.36 bits per heavy atom. The Bertz CT molecular complexity index is 5290. The molecule has 5 nitrogen and oxygen atoms in total. The summed E-state index contributed by atoms with van der Waals surface area (Å²) in [5.41, 5.74) is 28.4. The van der Waals surface area contributed by atoms with Crippen molar-refractivity contribution < 1.29 is 8.83 Å². The van der Waals surface area contributed by atoms with Crippen LogP contribution >= 0.6 is 0 Å². The number of rotatable bonds is 12. The lowest BCUT2D eigenvalue weighted by Crippen LogP contribution is -2.61. The molecule has 0 atom stereocenters. The van der Waals surface area contributed by atoms with Gasteiger partial charge in [0.05, 0.1) is 22.4 Å². The summed E-state index contributed by atoms with van der Waals surface area (Å²) >= 11 is 0. The topological polar surface area (TPSA) is 37.7 Å². The summed E-state index contributed by atoms with van der Waals surface area (Å²) in [6.07, 6.45) is 5.69. The Morgan fingerprint density at radius 1 is 0.378 bits per heavy atom. The summed E-state index contributed by atoms with van der Waals surface area (Å²) in [6.45, 7) is 11.6. The summed E-state index contributed by atoms with van der Waals surface area (Å²) in [5.74, 6) is 0. The third-order valence-electron chi connectivity index (χ3n) is 19.5. The number of fused-ring (bicyclic) bond motifs is 13. The highest BCUT2D eigenvalue weighted by Gasteiger charge is 2.46. The standard InChI is InChI=1S/C84H68BN3O2/c1-6-8-33-63-80(65(54-29-15-11-16-30-54)51-67-61-37-21-25-41-77(61)89-82(63)67)87-73-46-43-56(53-27-13-10-14-28-53)47-70(73)85-69-45-44-58(86-71-39-23-19-35-59(71)60-36-20-24-40-72(60)86)50-74(69)88(76-49-57(84(3,4)5)48-75(87)79(76)85)81-64(34-9-7-2)83-68(62-38-22-26-42-78(62)90-83)52-66(81)55-31-17-12-18-32-55/h10-32,35-52H,6-9,33-34H2,1-5H3. The van der Waals surface area contributed by atoms with Crippen molar-refractivity contribution in [2.24, 2.45) is 0 Å². The number of benzene rings is 12. The van der Waals surface area contributed by atoms with Crippen LogP contribution in [0, 0.1) is 0 Å². The molecular formula is C84H68BN3O2. The van der Waals surface area contributed by atoms with Gasteiger partial charge in [-0.3, -0.25) is 0 Å². The molecule has 0 saturated heterocycles. The van der Waals surface area contributed by atoms with E-state index < -0.39 is 0 Å². The Balaban J connectivity index is 1.07. The number of hydrogen-bond donors (Lipinski definition) is 0. The average molecular weight is 1160 g/mol. The lowest BCUT2D eigenvalue weighted by atomic mass is 9.33. The largest absolute Gasteiger partial charge is 0.456 e. The van der Waals surface area contributed by atoms with E-state index in [1.54, 1.807) is 0 Å². The normalized spacial score (nSPS) is 12.9. The second-order valence-electron chi connectivity index (χ2n) is 25.9. The van der Waals surface area contributed by atoms with Gasteiger partial charge in [0.15, 0.2) is 0 Å². The Labute approximate surface area is 526 Å². The maximum absolute atomic E-state index is 7.30. The molecule has 0 radical (unpaired) electrons. The van der Waals surface area contributed by atoms with Crippen molar-refractivity contribution in [1.29, 1.82) is 0 Å². The van der Waals surface area contributed by atoms with Gasteiger partial charge in [-0.25, -0.2) is 0 Å². The molecule has 15 aromatic rings. The van der Waals surface area contributed by atoms with Crippen molar-refractivity contribution in [2.75, 3.05) is 9.80 Å². The van der Waals surface area contributed by atoms with Crippen LogP contribution in [-0.2, 0) is 18.3 Å². The predicted molar refractivity (Wildman–Crippen MR) is 382 cm³/mol. The number of furan rings is 2. The van der Waals surface area contributed by atoms with E-state index in [0.29, 0.717) is 0 Å². The zero-order valence-corrected chi connectivity index (χ0v) is 51.6. The number of aromatic nitrogens is 1. The minimum atomic E-state index is -0.285. The fraction of sp³-hybridized carbons (Fsp3) is 0.143. The first kappa shape index (κ1) is 53.9. The van der Waals surface area contributed by atoms with E-state index in [-0.39, 0.29) is 12.1 Å². The monoisotopic (exact) mass is 1160 g/mol. The molecule has 3 aromatic heterocycles. The predicted octanol–water partition coefficient (Wildman–Crippen LogP) is 21.6. The van der Waals surface area contributed by atoms with Gasteiger partial charge in [0, 0.05) is 83.0 Å². The van der Waals surface area contributed by atoms with Gasteiger partial charge in [-0.1, -0.05) is 229 Å². The quantitative estimate of drug-likeness (QED) is 0.114. The van der Waals surface area contributed by atoms with Crippen molar-refractivity contribution in [2.45, 2.75) is 78.6 Å².